The highest BCUT2D eigenvalue weighted by Crippen LogP contribution is 2.61. The molecule has 6 rings (SSSR count). The predicted molar refractivity (Wildman–Crippen MR) is 185 cm³/mol. The van der Waals surface area contributed by atoms with Gasteiger partial charge in [-0.1, -0.05) is 136 Å². The van der Waals surface area contributed by atoms with Crippen molar-refractivity contribution < 1.29 is 4.43 Å². The fourth-order valence-corrected chi connectivity index (χ4v) is 16.2. The minimum Gasteiger partial charge on any atom is -0.407 e. The molecule has 0 heterocycles. The fraction of sp³-hybridized carbons (Fsp3) is 0.231. The first-order chi connectivity index (χ1) is 20.4. The Kier molecular flexibility index (Phi) is 8.32. The number of rotatable bonds is 10. The van der Waals surface area contributed by atoms with Crippen LogP contribution in [0.25, 0.3) is 0 Å². The van der Waals surface area contributed by atoms with Crippen LogP contribution in [0.2, 0.25) is 5.04 Å². The molecule has 1 nitrogen and oxygen atoms in total. The van der Waals surface area contributed by atoms with Crippen LogP contribution in [0.1, 0.15) is 27.2 Å². The number of hydrogen-bond donors (Lipinski definition) is 0. The van der Waals surface area contributed by atoms with Crippen LogP contribution in [-0.2, 0) is 4.43 Å². The Bertz CT molecular complexity index is 1410. The summed E-state index contributed by atoms with van der Waals surface area (Å²) in [6.45, 7) is 7.94. The van der Waals surface area contributed by atoms with Crippen LogP contribution in [0.3, 0.4) is 0 Å². The van der Waals surface area contributed by atoms with Crippen LogP contribution in [0.5, 0.6) is 0 Å². The lowest BCUT2D eigenvalue weighted by molar-refractivity contribution is 0.276. The van der Waals surface area contributed by atoms with Crippen molar-refractivity contribution in [3.8, 4) is 0 Å². The van der Waals surface area contributed by atoms with Crippen molar-refractivity contribution in [2.45, 2.75) is 32.2 Å². The van der Waals surface area contributed by atoms with Crippen molar-refractivity contribution in [2.24, 2.45) is 11.8 Å². The summed E-state index contributed by atoms with van der Waals surface area (Å²) in [5.41, 5.74) is 0. The first-order valence-electron chi connectivity index (χ1n) is 15.2. The minimum atomic E-state index is -2.54. The Morgan fingerprint density at radius 2 is 0.905 bits per heavy atom. The van der Waals surface area contributed by atoms with Gasteiger partial charge in [-0.05, 0) is 70.1 Å². The van der Waals surface area contributed by atoms with Crippen LogP contribution < -0.4 is 26.3 Å². The van der Waals surface area contributed by atoms with Gasteiger partial charge in [-0.3, -0.25) is 0 Å². The second-order valence-corrected chi connectivity index (χ2v) is 20.6. The second kappa shape index (κ2) is 12.1. The molecule has 0 N–H and O–H groups in total. The van der Waals surface area contributed by atoms with E-state index >= 15 is 0 Å². The molecule has 1 aliphatic carbocycles. The summed E-state index contributed by atoms with van der Waals surface area (Å²) in [5, 5.41) is 7.14. The smallest absolute Gasteiger partial charge is 0.261 e. The highest BCUT2D eigenvalue weighted by molar-refractivity contribution is 7.95. The van der Waals surface area contributed by atoms with Crippen molar-refractivity contribution in [2.75, 3.05) is 12.8 Å². The summed E-state index contributed by atoms with van der Waals surface area (Å²) < 4.78 is 7.40. The Labute approximate surface area is 254 Å². The fourth-order valence-electron chi connectivity index (χ4n) is 6.89. The molecule has 0 aromatic heterocycles. The van der Waals surface area contributed by atoms with Gasteiger partial charge in [0.15, 0.2) is 0 Å². The topological polar surface area (TPSA) is 9.23 Å². The number of hydrogen-bond acceptors (Lipinski definition) is 1. The molecule has 3 heteroatoms. The molecule has 1 aliphatic rings. The molecule has 1 saturated carbocycles. The van der Waals surface area contributed by atoms with Crippen molar-refractivity contribution in [3.63, 3.8) is 0 Å². The third-order valence-corrected chi connectivity index (χ3v) is 18.7. The first-order valence-corrected chi connectivity index (χ1v) is 19.1. The first kappa shape index (κ1) is 28.8. The van der Waals surface area contributed by atoms with Crippen LogP contribution in [0, 0.1) is 11.8 Å². The maximum atomic E-state index is 7.40. The third-order valence-electron chi connectivity index (χ3n) is 9.10. The summed E-state index contributed by atoms with van der Waals surface area (Å²) in [6.07, 6.45) is 2.41. The number of benzene rings is 5. The Morgan fingerprint density at radius 3 is 1.26 bits per heavy atom. The second-order valence-electron chi connectivity index (χ2n) is 12.7. The third kappa shape index (κ3) is 5.45. The van der Waals surface area contributed by atoms with Gasteiger partial charge >= 0.3 is 0 Å². The van der Waals surface area contributed by atoms with Crippen molar-refractivity contribution in [1.29, 1.82) is 0 Å². The van der Waals surface area contributed by atoms with Gasteiger partial charge in [0.2, 0.25) is 0 Å². The summed E-state index contributed by atoms with van der Waals surface area (Å²) in [4.78, 5) is 0. The molecule has 1 fully saturated rings. The average molecular weight is 586 g/mol. The molecule has 2 atom stereocenters. The summed E-state index contributed by atoms with van der Waals surface area (Å²) in [6, 6.07) is 56.0. The molecule has 0 bridgehead atoms. The predicted octanol–water partition coefficient (Wildman–Crippen LogP) is 7.19. The maximum absolute atomic E-state index is 7.40. The summed E-state index contributed by atoms with van der Waals surface area (Å²) in [7, 11) is -4.38. The largest absolute Gasteiger partial charge is 0.407 e. The van der Waals surface area contributed by atoms with Gasteiger partial charge in [-0.2, -0.15) is 0 Å². The molecule has 0 aliphatic heterocycles. The lowest BCUT2D eigenvalue weighted by atomic mass is 10.2. The van der Waals surface area contributed by atoms with Crippen LogP contribution >= 0.6 is 7.26 Å². The maximum Gasteiger partial charge on any atom is 0.261 e. The van der Waals surface area contributed by atoms with Gasteiger partial charge in [0, 0.05) is 6.61 Å². The molecule has 5 aromatic rings. The molecule has 0 saturated heterocycles. The van der Waals surface area contributed by atoms with E-state index in [0.717, 1.165) is 6.61 Å². The van der Waals surface area contributed by atoms with E-state index in [1.165, 1.54) is 38.9 Å². The Hall–Kier alpha value is -3.29. The van der Waals surface area contributed by atoms with Gasteiger partial charge in [-0.25, -0.2) is 0 Å². The van der Waals surface area contributed by atoms with Crippen LogP contribution in [-0.4, -0.2) is 21.1 Å². The molecule has 5 aromatic carbocycles. The zero-order valence-corrected chi connectivity index (χ0v) is 27.0. The molecular weight excluding hydrogens is 543 g/mol. The van der Waals surface area contributed by atoms with E-state index in [9.17, 15) is 0 Å². The molecule has 0 spiro atoms. The molecule has 0 radical (unpaired) electrons. The van der Waals surface area contributed by atoms with Crippen molar-refractivity contribution in [3.05, 3.63) is 152 Å². The normalized spacial score (nSPS) is 17.1. The SMILES string of the molecule is CC(C)(C)[Si](OC[C@H]1C[C@@H]1C[P+](c1ccccc1)(c1ccccc1)c1ccccc1)(c1ccccc1)c1ccccc1. The van der Waals surface area contributed by atoms with E-state index in [1.807, 2.05) is 0 Å². The lowest BCUT2D eigenvalue weighted by Crippen LogP contribution is -2.66. The van der Waals surface area contributed by atoms with E-state index in [1.54, 1.807) is 0 Å². The monoisotopic (exact) mass is 585 g/mol. The molecular formula is C39H42OPSi+. The van der Waals surface area contributed by atoms with Gasteiger partial charge in [-0.15, -0.1) is 0 Å². The molecule has 212 valence electrons. The summed E-state index contributed by atoms with van der Waals surface area (Å²) >= 11 is 0. The van der Waals surface area contributed by atoms with Gasteiger partial charge in [0.05, 0.1) is 6.16 Å². The Balaban J connectivity index is 1.35. The lowest BCUT2D eigenvalue weighted by Gasteiger charge is -2.43. The van der Waals surface area contributed by atoms with Crippen molar-refractivity contribution in [1.82, 2.24) is 0 Å². The van der Waals surface area contributed by atoms with Gasteiger partial charge in [0.25, 0.3) is 8.32 Å². The minimum absolute atomic E-state index is 0.00499. The summed E-state index contributed by atoms with van der Waals surface area (Å²) in [5.74, 6) is 1.21. The standard InChI is InChI=1S/C39H42OPSi/c1-39(2,3)42(37-25-15-7-16-26-37,38-27-17-8-18-28-38)40-30-32-29-33(32)31-41(34-19-9-4-10-20-34,35-21-11-5-12-22-35)36-23-13-6-14-24-36/h4-28,32-33H,29-31H2,1-3H3/q+1/t32-,33-/m1/s1. The molecule has 0 unspecified atom stereocenters. The molecule has 0 amide bonds. The van der Waals surface area contributed by atoms with Gasteiger partial charge < -0.3 is 4.43 Å². The van der Waals surface area contributed by atoms with E-state index in [2.05, 4.69) is 172 Å². The van der Waals surface area contributed by atoms with Crippen LogP contribution in [0.15, 0.2) is 152 Å². The van der Waals surface area contributed by atoms with E-state index in [4.69, 9.17) is 4.43 Å². The zero-order valence-electron chi connectivity index (χ0n) is 25.1. The van der Waals surface area contributed by atoms with Crippen molar-refractivity contribution >= 4 is 41.9 Å². The van der Waals surface area contributed by atoms with Gasteiger partial charge in [0.1, 0.15) is 23.2 Å². The van der Waals surface area contributed by atoms with Crippen LogP contribution in [0.4, 0.5) is 0 Å². The highest BCUT2D eigenvalue weighted by Gasteiger charge is 2.55. The Morgan fingerprint density at radius 1 is 0.548 bits per heavy atom. The average Bonchev–Trinajstić information content (AvgIpc) is 3.79. The highest BCUT2D eigenvalue weighted by atomic mass is 31.2. The zero-order chi connectivity index (χ0) is 29.0. The van der Waals surface area contributed by atoms with E-state index < -0.39 is 15.6 Å². The van der Waals surface area contributed by atoms with E-state index in [0.29, 0.717) is 11.8 Å². The molecule has 42 heavy (non-hydrogen) atoms. The van der Waals surface area contributed by atoms with E-state index in [-0.39, 0.29) is 5.04 Å². The quantitative estimate of drug-likeness (QED) is 0.125.